The molecule has 0 aromatic heterocycles. The van der Waals surface area contributed by atoms with Crippen LogP contribution in [0.4, 0.5) is 0 Å². The lowest BCUT2D eigenvalue weighted by molar-refractivity contribution is 1.35. The van der Waals surface area contributed by atoms with Crippen LogP contribution in [0.2, 0.25) is 5.67 Å². The van der Waals surface area contributed by atoms with Crippen LogP contribution in [0, 0.1) is 41.5 Å². The molecule has 2 aromatic carbocycles. The van der Waals surface area contributed by atoms with Crippen molar-refractivity contribution in [2.24, 2.45) is 0 Å². The Morgan fingerprint density at radius 1 is 0.571 bits per heavy atom. The van der Waals surface area contributed by atoms with Crippen molar-refractivity contribution >= 4 is 27.0 Å². The first-order chi connectivity index (χ1) is 9.88. The van der Waals surface area contributed by atoms with Crippen molar-refractivity contribution in [3.63, 3.8) is 0 Å². The summed E-state index contributed by atoms with van der Waals surface area (Å²) in [6.07, 6.45) is 0. The fraction of sp³-hybridized carbons (Fsp3) is 0.368. The fourth-order valence-corrected chi connectivity index (χ4v) is 15.0. The molecule has 0 aliphatic carbocycles. The summed E-state index contributed by atoms with van der Waals surface area (Å²) in [5, 5.41) is 3.50. The van der Waals surface area contributed by atoms with Gasteiger partial charge in [0, 0.05) is 0 Å². The van der Waals surface area contributed by atoms with Gasteiger partial charge in [0.05, 0.1) is 16.6 Å². The largest absolute Gasteiger partial charge is 0.0784 e. The maximum Gasteiger partial charge on any atom is 0.0784 e. The van der Waals surface area contributed by atoms with Crippen LogP contribution in [0.5, 0.6) is 0 Å². The number of hydrogen-bond donors (Lipinski definition) is 0. The SMILES string of the molecule is Cc1cc(C)c([Si]2C[Si]2c2c(C)cc(C)cc2C)c(C)c1. The van der Waals surface area contributed by atoms with E-state index in [2.05, 4.69) is 65.8 Å². The van der Waals surface area contributed by atoms with Gasteiger partial charge < -0.3 is 0 Å². The molecule has 0 atom stereocenters. The summed E-state index contributed by atoms with van der Waals surface area (Å²) in [6, 6.07) is 9.53. The van der Waals surface area contributed by atoms with Crippen molar-refractivity contribution in [2.45, 2.75) is 47.2 Å². The normalized spacial score (nSPS) is 15.5. The molecular formula is C19H24Si2. The van der Waals surface area contributed by atoms with Gasteiger partial charge in [0.1, 0.15) is 0 Å². The lowest BCUT2D eigenvalue weighted by atomic mass is 10.1. The van der Waals surface area contributed by atoms with Crippen molar-refractivity contribution in [2.75, 3.05) is 0 Å². The first-order valence-corrected chi connectivity index (χ1v) is 12.2. The summed E-state index contributed by atoms with van der Waals surface area (Å²) in [4.78, 5) is 0. The van der Waals surface area contributed by atoms with Gasteiger partial charge in [0.2, 0.25) is 0 Å². The van der Waals surface area contributed by atoms with Gasteiger partial charge in [0.15, 0.2) is 0 Å². The average Bonchev–Trinajstić information content (AvgIpc) is 3.05. The third-order valence-electron chi connectivity index (χ3n) is 4.55. The minimum absolute atomic E-state index is 0.285. The zero-order chi connectivity index (χ0) is 15.3. The van der Waals surface area contributed by atoms with Crippen LogP contribution < -0.4 is 10.4 Å². The molecule has 0 N–H and O–H groups in total. The van der Waals surface area contributed by atoms with E-state index in [0.717, 1.165) is 0 Å². The van der Waals surface area contributed by atoms with Crippen LogP contribution >= 0.6 is 0 Å². The highest BCUT2D eigenvalue weighted by Gasteiger charge is 2.46. The minimum Gasteiger partial charge on any atom is -0.0601 e. The minimum atomic E-state index is -0.285. The number of rotatable bonds is 2. The summed E-state index contributed by atoms with van der Waals surface area (Å²) in [6.45, 7) is 13.7. The Hall–Kier alpha value is -1.13. The topological polar surface area (TPSA) is 0 Å². The number of benzene rings is 2. The Balaban J connectivity index is 1.98. The van der Waals surface area contributed by atoms with Crippen molar-refractivity contribution in [3.05, 3.63) is 57.6 Å². The van der Waals surface area contributed by atoms with Gasteiger partial charge >= 0.3 is 0 Å². The molecule has 1 saturated heterocycles. The van der Waals surface area contributed by atoms with E-state index < -0.39 is 0 Å². The van der Waals surface area contributed by atoms with Gasteiger partial charge in [-0.05, 0) is 41.5 Å². The highest BCUT2D eigenvalue weighted by atomic mass is 29.3. The summed E-state index contributed by atoms with van der Waals surface area (Å²) < 4.78 is 0. The Kier molecular flexibility index (Phi) is 3.70. The smallest absolute Gasteiger partial charge is 0.0601 e. The average molecular weight is 309 g/mol. The lowest BCUT2D eigenvalue weighted by Crippen LogP contribution is -2.35. The van der Waals surface area contributed by atoms with Gasteiger partial charge in [-0.25, -0.2) is 0 Å². The second-order valence-electron chi connectivity index (χ2n) is 6.68. The van der Waals surface area contributed by atoms with Gasteiger partial charge in [-0.15, -0.1) is 0 Å². The van der Waals surface area contributed by atoms with Crippen LogP contribution in [0.3, 0.4) is 0 Å². The molecule has 0 saturated carbocycles. The van der Waals surface area contributed by atoms with Gasteiger partial charge in [-0.1, -0.05) is 73.7 Å². The molecule has 0 unspecified atom stereocenters. The highest BCUT2D eigenvalue weighted by Crippen LogP contribution is 2.25. The molecule has 3 rings (SSSR count). The zero-order valence-corrected chi connectivity index (χ0v) is 16.0. The van der Waals surface area contributed by atoms with Crippen LogP contribution in [-0.4, -0.2) is 16.6 Å². The van der Waals surface area contributed by atoms with E-state index in [0.29, 0.717) is 0 Å². The Labute approximate surface area is 132 Å². The molecule has 2 heteroatoms. The van der Waals surface area contributed by atoms with Crippen molar-refractivity contribution < 1.29 is 0 Å². The predicted octanol–water partition coefficient (Wildman–Crippen LogP) is 3.27. The van der Waals surface area contributed by atoms with Gasteiger partial charge in [-0.2, -0.15) is 0 Å². The maximum atomic E-state index is 2.38. The van der Waals surface area contributed by atoms with E-state index in [1.54, 1.807) is 32.6 Å². The predicted molar refractivity (Wildman–Crippen MR) is 96.9 cm³/mol. The fourth-order valence-electron chi connectivity index (χ4n) is 3.92. The van der Waals surface area contributed by atoms with E-state index in [4.69, 9.17) is 0 Å². The first kappa shape index (κ1) is 14.8. The van der Waals surface area contributed by atoms with Crippen LogP contribution in [0.1, 0.15) is 33.4 Å². The number of hydrogen-bond acceptors (Lipinski definition) is 0. The van der Waals surface area contributed by atoms with Crippen LogP contribution in [0.15, 0.2) is 24.3 Å². The molecule has 0 bridgehead atoms. The zero-order valence-electron chi connectivity index (χ0n) is 14.0. The van der Waals surface area contributed by atoms with Crippen LogP contribution in [-0.2, 0) is 0 Å². The molecule has 1 aliphatic heterocycles. The molecule has 108 valence electrons. The molecule has 21 heavy (non-hydrogen) atoms. The third-order valence-corrected chi connectivity index (χ3v) is 13.6. The van der Waals surface area contributed by atoms with E-state index in [-0.39, 0.29) is 16.6 Å². The summed E-state index contributed by atoms with van der Waals surface area (Å²) in [7, 11) is -0.569. The van der Waals surface area contributed by atoms with E-state index in [1.165, 1.54) is 16.8 Å². The molecule has 1 aliphatic rings. The summed E-state index contributed by atoms with van der Waals surface area (Å²) in [5.74, 6) is 0. The van der Waals surface area contributed by atoms with Crippen molar-refractivity contribution in [1.82, 2.24) is 0 Å². The van der Waals surface area contributed by atoms with E-state index in [1.807, 2.05) is 0 Å². The monoisotopic (exact) mass is 308 g/mol. The lowest BCUT2D eigenvalue weighted by Gasteiger charge is -2.13. The second kappa shape index (κ2) is 5.25. The molecule has 0 nitrogen and oxygen atoms in total. The molecule has 2 radical (unpaired) electrons. The maximum absolute atomic E-state index is 2.38. The second-order valence-corrected chi connectivity index (χ2v) is 14.6. The van der Waals surface area contributed by atoms with Crippen molar-refractivity contribution in [1.29, 1.82) is 0 Å². The third kappa shape index (κ3) is 2.67. The molecule has 0 spiro atoms. The first-order valence-electron chi connectivity index (χ1n) is 7.77. The summed E-state index contributed by atoms with van der Waals surface area (Å²) >= 11 is 0. The standard InChI is InChI=1S/C19H24Si2/c1-12-7-14(3)18(15(4)8-12)20-11-21(20)19-16(5)9-13(2)10-17(19)6/h7-10H,11H2,1-6H3. The molecular weight excluding hydrogens is 284 g/mol. The van der Waals surface area contributed by atoms with Gasteiger partial charge in [0.25, 0.3) is 0 Å². The molecule has 1 heterocycles. The quantitative estimate of drug-likeness (QED) is 0.747. The molecule has 1 fully saturated rings. The van der Waals surface area contributed by atoms with E-state index in [9.17, 15) is 0 Å². The number of aryl methyl sites for hydroxylation is 6. The van der Waals surface area contributed by atoms with Crippen LogP contribution in [0.25, 0.3) is 0 Å². The van der Waals surface area contributed by atoms with Crippen molar-refractivity contribution in [3.8, 4) is 0 Å². The van der Waals surface area contributed by atoms with Gasteiger partial charge in [-0.3, -0.25) is 0 Å². The molecule has 0 amide bonds. The highest BCUT2D eigenvalue weighted by molar-refractivity contribution is 7.50. The Bertz CT molecular complexity index is 608. The van der Waals surface area contributed by atoms with E-state index >= 15 is 0 Å². The Morgan fingerprint density at radius 2 is 0.857 bits per heavy atom. The molecule has 2 aromatic rings. The Morgan fingerprint density at radius 3 is 1.14 bits per heavy atom. The summed E-state index contributed by atoms with van der Waals surface area (Å²) in [5.41, 5.74) is 10.5.